The SMILES string of the molecule is FC(F)(F)COCS. The number of hydrogen-bond acceptors (Lipinski definition) is 2. The fourth-order valence-electron chi connectivity index (χ4n) is 0.161. The molecule has 0 aromatic heterocycles. The summed E-state index contributed by atoms with van der Waals surface area (Å²) in [5, 5.41) is 0. The Morgan fingerprint density at radius 3 is 2.00 bits per heavy atom. The van der Waals surface area contributed by atoms with Crippen molar-refractivity contribution < 1.29 is 17.9 Å². The predicted octanol–water partition coefficient (Wildman–Crippen LogP) is 1.45. The fourth-order valence-corrected chi connectivity index (χ4v) is 0.253. The van der Waals surface area contributed by atoms with Crippen molar-refractivity contribution in [1.29, 1.82) is 0 Å². The average Bonchev–Trinajstić information content (AvgIpc) is 1.59. The van der Waals surface area contributed by atoms with Crippen molar-refractivity contribution in [1.82, 2.24) is 0 Å². The Hall–Kier alpha value is 0.100. The van der Waals surface area contributed by atoms with Crippen molar-refractivity contribution in [3.63, 3.8) is 0 Å². The van der Waals surface area contributed by atoms with Crippen molar-refractivity contribution in [2.45, 2.75) is 6.18 Å². The highest BCUT2D eigenvalue weighted by Gasteiger charge is 2.26. The summed E-state index contributed by atoms with van der Waals surface area (Å²) in [4.78, 5) is 0. The van der Waals surface area contributed by atoms with E-state index in [1.54, 1.807) is 0 Å². The van der Waals surface area contributed by atoms with Crippen LogP contribution in [-0.2, 0) is 4.74 Å². The summed E-state index contributed by atoms with van der Waals surface area (Å²) < 4.78 is 37.2. The van der Waals surface area contributed by atoms with Gasteiger partial charge >= 0.3 is 6.18 Å². The molecule has 0 amide bonds. The Balaban J connectivity index is 3.11. The molecule has 0 N–H and O–H groups in total. The zero-order chi connectivity index (χ0) is 6.62. The summed E-state index contributed by atoms with van der Waals surface area (Å²) in [5.41, 5.74) is 0. The molecule has 0 aliphatic rings. The molecular weight excluding hydrogens is 141 g/mol. The quantitative estimate of drug-likeness (QED) is 0.458. The lowest BCUT2D eigenvalue weighted by Crippen LogP contribution is -2.16. The van der Waals surface area contributed by atoms with Gasteiger partial charge in [-0.2, -0.15) is 25.8 Å². The van der Waals surface area contributed by atoms with Crippen molar-refractivity contribution in [3.8, 4) is 0 Å². The van der Waals surface area contributed by atoms with Gasteiger partial charge in [-0.25, -0.2) is 0 Å². The van der Waals surface area contributed by atoms with Crippen LogP contribution >= 0.6 is 12.6 Å². The first-order valence-corrected chi connectivity index (χ1v) is 2.45. The number of rotatable bonds is 2. The van der Waals surface area contributed by atoms with Gasteiger partial charge in [0.1, 0.15) is 6.61 Å². The van der Waals surface area contributed by atoms with Crippen LogP contribution in [0.3, 0.4) is 0 Å². The Kier molecular flexibility index (Phi) is 3.23. The average molecular weight is 146 g/mol. The maximum Gasteiger partial charge on any atom is 0.411 e. The van der Waals surface area contributed by atoms with E-state index in [4.69, 9.17) is 0 Å². The van der Waals surface area contributed by atoms with Crippen LogP contribution in [0.15, 0.2) is 0 Å². The maximum absolute atomic E-state index is 11.1. The maximum atomic E-state index is 11.1. The minimum atomic E-state index is -4.22. The highest BCUT2D eigenvalue weighted by atomic mass is 32.1. The number of ether oxygens (including phenoxy) is 1. The second kappa shape index (κ2) is 3.19. The van der Waals surface area contributed by atoms with Crippen molar-refractivity contribution in [2.75, 3.05) is 12.5 Å². The standard InChI is InChI=1S/C3H5F3OS/c4-3(5,6)1-7-2-8/h8H,1-2H2. The summed E-state index contributed by atoms with van der Waals surface area (Å²) in [6, 6.07) is 0. The van der Waals surface area contributed by atoms with Crippen LogP contribution in [-0.4, -0.2) is 18.7 Å². The Morgan fingerprint density at radius 2 is 1.88 bits per heavy atom. The van der Waals surface area contributed by atoms with Gasteiger partial charge in [-0.15, -0.1) is 0 Å². The molecule has 1 nitrogen and oxygen atoms in total. The molecule has 0 fully saturated rings. The van der Waals surface area contributed by atoms with Crippen LogP contribution in [0.1, 0.15) is 0 Å². The van der Waals surface area contributed by atoms with Crippen LogP contribution in [0.5, 0.6) is 0 Å². The predicted molar refractivity (Wildman–Crippen MR) is 25.9 cm³/mol. The third-order valence-electron chi connectivity index (χ3n) is 0.357. The molecule has 0 saturated heterocycles. The topological polar surface area (TPSA) is 9.23 Å². The van der Waals surface area contributed by atoms with Gasteiger partial charge in [0, 0.05) is 0 Å². The van der Waals surface area contributed by atoms with E-state index >= 15 is 0 Å². The van der Waals surface area contributed by atoms with Gasteiger partial charge < -0.3 is 4.74 Å². The molecule has 0 rings (SSSR count). The molecule has 0 aromatic rings. The second-order valence-electron chi connectivity index (χ2n) is 1.09. The molecular formula is C3H5F3OS. The molecule has 5 heteroatoms. The molecule has 0 aliphatic heterocycles. The molecule has 0 spiro atoms. The van der Waals surface area contributed by atoms with Crippen molar-refractivity contribution in [3.05, 3.63) is 0 Å². The lowest BCUT2D eigenvalue weighted by molar-refractivity contribution is -0.168. The van der Waals surface area contributed by atoms with Crippen LogP contribution in [0.4, 0.5) is 13.2 Å². The number of thiol groups is 1. The molecule has 0 aromatic carbocycles. The molecule has 0 atom stereocenters. The minimum absolute atomic E-state index is 0.195. The van der Waals surface area contributed by atoms with E-state index in [0.29, 0.717) is 0 Å². The van der Waals surface area contributed by atoms with E-state index < -0.39 is 12.8 Å². The van der Waals surface area contributed by atoms with Gasteiger partial charge in [-0.1, -0.05) is 0 Å². The number of alkyl halides is 3. The van der Waals surface area contributed by atoms with Gasteiger partial charge in [0.2, 0.25) is 0 Å². The first-order chi connectivity index (χ1) is 3.56. The largest absolute Gasteiger partial charge is 0.411 e. The van der Waals surface area contributed by atoms with Gasteiger partial charge in [-0.05, 0) is 0 Å². The van der Waals surface area contributed by atoms with E-state index in [1.165, 1.54) is 0 Å². The summed E-state index contributed by atoms with van der Waals surface area (Å²) >= 11 is 3.41. The number of hydrogen-bond donors (Lipinski definition) is 1. The molecule has 0 saturated carbocycles. The second-order valence-corrected chi connectivity index (χ2v) is 1.35. The molecule has 0 bridgehead atoms. The molecule has 0 radical (unpaired) electrons. The summed E-state index contributed by atoms with van der Waals surface area (Å²) in [7, 11) is 0. The van der Waals surface area contributed by atoms with E-state index in [1.807, 2.05) is 0 Å². The lowest BCUT2D eigenvalue weighted by Gasteiger charge is -2.03. The van der Waals surface area contributed by atoms with E-state index in [9.17, 15) is 13.2 Å². The van der Waals surface area contributed by atoms with Crippen LogP contribution in [0.2, 0.25) is 0 Å². The Morgan fingerprint density at radius 1 is 1.38 bits per heavy atom. The van der Waals surface area contributed by atoms with Crippen molar-refractivity contribution >= 4 is 12.6 Å². The first kappa shape index (κ1) is 8.10. The molecule has 8 heavy (non-hydrogen) atoms. The number of halogens is 3. The lowest BCUT2D eigenvalue weighted by atomic mass is 10.7. The first-order valence-electron chi connectivity index (χ1n) is 1.81. The summed E-state index contributed by atoms with van der Waals surface area (Å²) in [6.45, 7) is -1.21. The van der Waals surface area contributed by atoms with Gasteiger partial charge in [0.05, 0.1) is 5.94 Å². The third-order valence-corrected chi connectivity index (χ3v) is 0.540. The molecule has 0 unspecified atom stereocenters. The zero-order valence-corrected chi connectivity index (χ0v) is 4.80. The monoisotopic (exact) mass is 146 g/mol. The van der Waals surface area contributed by atoms with E-state index in [-0.39, 0.29) is 5.94 Å². The zero-order valence-electron chi connectivity index (χ0n) is 3.90. The minimum Gasteiger partial charge on any atom is -0.362 e. The molecule has 0 aliphatic carbocycles. The van der Waals surface area contributed by atoms with Gasteiger partial charge in [0.25, 0.3) is 0 Å². The highest BCUT2D eigenvalue weighted by molar-refractivity contribution is 7.80. The van der Waals surface area contributed by atoms with Crippen LogP contribution in [0.25, 0.3) is 0 Å². The fraction of sp³-hybridized carbons (Fsp3) is 1.00. The van der Waals surface area contributed by atoms with Gasteiger partial charge in [0.15, 0.2) is 0 Å². The summed E-state index contributed by atoms with van der Waals surface area (Å²) in [5.74, 6) is -0.195. The molecule has 50 valence electrons. The van der Waals surface area contributed by atoms with E-state index in [2.05, 4.69) is 17.4 Å². The van der Waals surface area contributed by atoms with Crippen LogP contribution in [0, 0.1) is 0 Å². The highest BCUT2D eigenvalue weighted by Crippen LogP contribution is 2.14. The van der Waals surface area contributed by atoms with Crippen LogP contribution < -0.4 is 0 Å². The Labute approximate surface area is 50.2 Å². The third kappa shape index (κ3) is 6.10. The normalized spacial score (nSPS) is 12.0. The van der Waals surface area contributed by atoms with E-state index in [0.717, 1.165) is 0 Å². The Bertz CT molecular complexity index is 62.0. The van der Waals surface area contributed by atoms with Crippen molar-refractivity contribution in [2.24, 2.45) is 0 Å². The smallest absolute Gasteiger partial charge is 0.362 e. The molecule has 0 heterocycles. The summed E-state index contributed by atoms with van der Waals surface area (Å²) in [6.07, 6.45) is -4.22. The van der Waals surface area contributed by atoms with Gasteiger partial charge in [-0.3, -0.25) is 0 Å².